The molecule has 340 valence electrons. The Balaban J connectivity index is 1.08. The van der Waals surface area contributed by atoms with Crippen LogP contribution in [-0.2, 0) is 37.1 Å². The number of nitriles is 1. The number of halogens is 2. The quantitative estimate of drug-likeness (QED) is 0.0946. The highest BCUT2D eigenvalue weighted by Crippen LogP contribution is 2.31. The van der Waals surface area contributed by atoms with E-state index in [1.54, 1.807) is 49.8 Å². The van der Waals surface area contributed by atoms with Crippen LogP contribution in [0.2, 0.25) is 0 Å². The molecular formula is C39H50F2N12O10. The Morgan fingerprint density at radius 1 is 0.841 bits per heavy atom. The maximum atomic E-state index is 13.8. The Bertz CT molecular complexity index is 2120. The monoisotopic (exact) mass is 884 g/mol. The summed E-state index contributed by atoms with van der Waals surface area (Å²) in [7, 11) is 0. The van der Waals surface area contributed by atoms with Gasteiger partial charge in [0.2, 0.25) is 11.8 Å². The third-order valence-corrected chi connectivity index (χ3v) is 10.3. The van der Waals surface area contributed by atoms with Gasteiger partial charge in [-0.15, -0.1) is 5.10 Å². The smallest absolute Gasteiger partial charge is 0.317 e. The first kappa shape index (κ1) is 47.6. The number of ether oxygens (including phenoxy) is 1. The lowest BCUT2D eigenvalue weighted by Gasteiger charge is -2.32. The van der Waals surface area contributed by atoms with E-state index in [1.807, 2.05) is 4.90 Å². The molecule has 0 saturated carbocycles. The standard InChI is InChI=1S/C39H50F2N12O10/c40-39(41)17-28(18-42)53(26-39)34(55)19-45-38(62)30-4-6-43-32-3-2-29(16-31(30)32)63-25-27-20-52(47-46-27)7-1-5-44-33(54)21-48-8-10-49(22-35(56)57)12-14-51(24-37(60)61)15-13-50(11-9-48)23-36(58)59/h2-4,6,16,20,28H,1,5,7-15,17,19,21-26H2,(H,44,54)(H,45,62)(H,56,57)(H,58,59)(H,60,61)/t28-/m0/s1. The largest absolute Gasteiger partial charge is 0.487 e. The Morgan fingerprint density at radius 2 is 1.43 bits per heavy atom. The van der Waals surface area contributed by atoms with Gasteiger partial charge < -0.3 is 35.6 Å². The predicted octanol–water partition coefficient (Wildman–Crippen LogP) is -1.12. The van der Waals surface area contributed by atoms with Crippen molar-refractivity contribution in [3.63, 3.8) is 0 Å². The van der Waals surface area contributed by atoms with E-state index in [0.29, 0.717) is 54.9 Å². The normalized spacial score (nSPS) is 18.2. The van der Waals surface area contributed by atoms with Gasteiger partial charge in [0.15, 0.2) is 0 Å². The maximum absolute atomic E-state index is 13.8. The van der Waals surface area contributed by atoms with Gasteiger partial charge in [-0.2, -0.15) is 5.26 Å². The molecule has 2 saturated heterocycles. The number of amides is 3. The number of carbonyl (C=O) groups excluding carboxylic acids is 3. The van der Waals surface area contributed by atoms with Crippen LogP contribution in [0.3, 0.4) is 0 Å². The van der Waals surface area contributed by atoms with Crippen LogP contribution in [-0.4, -0.2) is 206 Å². The van der Waals surface area contributed by atoms with Crippen molar-refractivity contribution in [2.45, 2.75) is 38.0 Å². The highest BCUT2D eigenvalue weighted by molar-refractivity contribution is 6.07. The first-order valence-electron chi connectivity index (χ1n) is 20.1. The van der Waals surface area contributed by atoms with Gasteiger partial charge >= 0.3 is 17.9 Å². The molecule has 4 heterocycles. The summed E-state index contributed by atoms with van der Waals surface area (Å²) in [6.45, 7) is 0.720. The van der Waals surface area contributed by atoms with Crippen LogP contribution < -0.4 is 15.4 Å². The minimum Gasteiger partial charge on any atom is -0.487 e. The Hall–Kier alpha value is -6.42. The van der Waals surface area contributed by atoms with Crippen LogP contribution in [0.25, 0.3) is 10.9 Å². The summed E-state index contributed by atoms with van der Waals surface area (Å²) in [5.41, 5.74) is 1.11. The van der Waals surface area contributed by atoms with Crippen LogP contribution in [0.5, 0.6) is 5.75 Å². The topological polar surface area (TPSA) is 280 Å². The van der Waals surface area contributed by atoms with Crippen molar-refractivity contribution < 1.29 is 57.6 Å². The van der Waals surface area contributed by atoms with Crippen LogP contribution in [0.15, 0.2) is 36.7 Å². The van der Waals surface area contributed by atoms with Crippen LogP contribution in [0, 0.1) is 11.3 Å². The number of nitrogens with zero attached hydrogens (tertiary/aromatic N) is 10. The number of aromatic nitrogens is 4. The lowest BCUT2D eigenvalue weighted by molar-refractivity contribution is -0.140. The van der Waals surface area contributed by atoms with E-state index >= 15 is 0 Å². The molecule has 0 unspecified atom stereocenters. The molecule has 2 aliphatic heterocycles. The number of rotatable bonds is 18. The minimum absolute atomic E-state index is 0.0132. The summed E-state index contributed by atoms with van der Waals surface area (Å²) in [6, 6.07) is 6.74. The summed E-state index contributed by atoms with van der Waals surface area (Å²) in [5, 5.41) is 51.4. The number of benzene rings is 1. The van der Waals surface area contributed by atoms with Gasteiger partial charge in [-0.1, -0.05) is 5.21 Å². The number of fused-ring (bicyclic) bond motifs is 1. The van der Waals surface area contributed by atoms with Gasteiger partial charge in [0, 0.05) is 83.5 Å². The van der Waals surface area contributed by atoms with E-state index < -0.39 is 61.2 Å². The van der Waals surface area contributed by atoms with E-state index in [1.165, 1.54) is 12.3 Å². The number of hydrogen-bond acceptors (Lipinski definition) is 15. The first-order valence-corrected chi connectivity index (χ1v) is 20.1. The molecule has 5 rings (SSSR count). The highest BCUT2D eigenvalue weighted by atomic mass is 19.3. The summed E-state index contributed by atoms with van der Waals surface area (Å²) in [6.07, 6.45) is 2.83. The number of aryl methyl sites for hydroxylation is 1. The predicted molar refractivity (Wildman–Crippen MR) is 215 cm³/mol. The van der Waals surface area contributed by atoms with Crippen molar-refractivity contribution in [3.8, 4) is 11.8 Å². The second kappa shape index (κ2) is 22.6. The maximum Gasteiger partial charge on any atom is 0.317 e. The third kappa shape index (κ3) is 15.2. The molecule has 2 fully saturated rings. The number of carboxylic acids is 3. The molecule has 1 atom stereocenters. The zero-order valence-electron chi connectivity index (χ0n) is 34.4. The number of carboxylic acid groups (broad SMARTS) is 3. The lowest BCUT2D eigenvalue weighted by Crippen LogP contribution is -2.49. The number of carbonyl (C=O) groups is 6. The second-order valence-electron chi connectivity index (χ2n) is 15.2. The number of alkyl halides is 2. The SMILES string of the molecule is N#C[C@@H]1CC(F)(F)CN1C(=O)CNC(=O)c1ccnc2ccc(OCc3cn(CCCNC(=O)CN4CCN(CC(=O)O)CCN(CC(=O)O)CCN(CC(=O)O)CC4)nn3)cc12. The average molecular weight is 885 g/mol. The number of pyridine rings is 1. The molecule has 22 nitrogen and oxygen atoms in total. The molecule has 63 heavy (non-hydrogen) atoms. The number of likely N-dealkylation sites (tertiary alicyclic amines) is 1. The first-order chi connectivity index (χ1) is 30.1. The molecule has 5 N–H and O–H groups in total. The van der Waals surface area contributed by atoms with Gasteiger partial charge in [-0.3, -0.25) is 58.0 Å². The van der Waals surface area contributed by atoms with E-state index in [0.717, 1.165) is 4.90 Å². The molecule has 2 aliphatic rings. The Kier molecular flexibility index (Phi) is 17.1. The fraction of sp³-hybridized carbons (Fsp3) is 0.538. The minimum atomic E-state index is -3.18. The molecule has 0 aliphatic carbocycles. The molecule has 2 aromatic heterocycles. The molecule has 24 heteroatoms. The second-order valence-corrected chi connectivity index (χ2v) is 15.2. The fourth-order valence-electron chi connectivity index (χ4n) is 7.14. The summed E-state index contributed by atoms with van der Waals surface area (Å²) >= 11 is 0. The van der Waals surface area contributed by atoms with Crippen molar-refractivity contribution >= 4 is 46.5 Å². The van der Waals surface area contributed by atoms with Crippen molar-refractivity contribution in [1.82, 2.24) is 55.1 Å². The van der Waals surface area contributed by atoms with Crippen molar-refractivity contribution in [1.29, 1.82) is 5.26 Å². The van der Waals surface area contributed by atoms with Gasteiger partial charge in [0.25, 0.3) is 11.8 Å². The third-order valence-electron chi connectivity index (χ3n) is 10.3. The van der Waals surface area contributed by atoms with E-state index in [9.17, 15) is 58.1 Å². The van der Waals surface area contributed by atoms with Crippen LogP contribution in [0.4, 0.5) is 8.78 Å². The summed E-state index contributed by atoms with van der Waals surface area (Å²) in [5.74, 6) is -7.67. The summed E-state index contributed by atoms with van der Waals surface area (Å²) in [4.78, 5) is 85.1. The summed E-state index contributed by atoms with van der Waals surface area (Å²) < 4.78 is 35.1. The van der Waals surface area contributed by atoms with Crippen molar-refractivity contribution in [2.24, 2.45) is 0 Å². The number of hydrogen-bond donors (Lipinski definition) is 5. The van der Waals surface area contributed by atoms with E-state index in [-0.39, 0.29) is 83.5 Å². The van der Waals surface area contributed by atoms with E-state index in [2.05, 4.69) is 25.9 Å². The van der Waals surface area contributed by atoms with Gasteiger partial charge in [0.05, 0.1) is 62.6 Å². The van der Waals surface area contributed by atoms with Gasteiger partial charge in [-0.25, -0.2) is 8.78 Å². The highest BCUT2D eigenvalue weighted by Gasteiger charge is 2.47. The molecule has 3 amide bonds. The molecular weight excluding hydrogens is 834 g/mol. The van der Waals surface area contributed by atoms with Gasteiger partial charge in [0.1, 0.15) is 24.1 Å². The zero-order valence-corrected chi connectivity index (χ0v) is 34.4. The van der Waals surface area contributed by atoms with E-state index in [4.69, 9.17) is 4.74 Å². The number of nitrogens with one attached hydrogen (secondary N) is 2. The van der Waals surface area contributed by atoms with Gasteiger partial charge in [-0.05, 0) is 30.7 Å². The fourth-order valence-corrected chi connectivity index (χ4v) is 7.14. The zero-order chi connectivity index (χ0) is 45.5. The van der Waals surface area contributed by atoms with Crippen molar-refractivity contribution in [2.75, 3.05) is 98.2 Å². The Labute approximate surface area is 359 Å². The van der Waals surface area contributed by atoms with Crippen molar-refractivity contribution in [3.05, 3.63) is 47.9 Å². The average Bonchev–Trinajstić information content (AvgIpc) is 3.83. The number of aliphatic carboxylic acids is 3. The Morgan fingerprint density at radius 3 is 2.00 bits per heavy atom. The van der Waals surface area contributed by atoms with Crippen LogP contribution >= 0.6 is 0 Å². The lowest BCUT2D eigenvalue weighted by atomic mass is 10.1. The molecule has 3 aromatic rings. The molecule has 1 aromatic carbocycles. The molecule has 0 bridgehead atoms. The molecule has 0 radical (unpaired) electrons. The molecule has 0 spiro atoms. The van der Waals surface area contributed by atoms with Crippen LogP contribution in [0.1, 0.15) is 28.9 Å².